The molecular formula is C24H27N5OS. The molecule has 0 aliphatic heterocycles. The van der Waals surface area contributed by atoms with Crippen molar-refractivity contribution in [2.75, 3.05) is 5.75 Å². The van der Waals surface area contributed by atoms with E-state index in [0.717, 1.165) is 50.6 Å². The van der Waals surface area contributed by atoms with Crippen LogP contribution in [0.4, 0.5) is 0 Å². The zero-order valence-corrected chi connectivity index (χ0v) is 19.1. The monoisotopic (exact) mass is 433 g/mol. The second kappa shape index (κ2) is 8.32. The molecule has 4 aromatic rings. The number of hydrogen-bond acceptors (Lipinski definition) is 5. The van der Waals surface area contributed by atoms with Gasteiger partial charge in [0.05, 0.1) is 27.7 Å². The van der Waals surface area contributed by atoms with E-state index in [1.807, 2.05) is 74.1 Å². The van der Waals surface area contributed by atoms with Crippen molar-refractivity contribution >= 4 is 21.7 Å². The van der Waals surface area contributed by atoms with E-state index in [-0.39, 0.29) is 0 Å². The van der Waals surface area contributed by atoms with Gasteiger partial charge < -0.3 is 5.73 Å². The Balaban J connectivity index is 1.76. The van der Waals surface area contributed by atoms with Crippen LogP contribution in [0, 0.1) is 0 Å². The van der Waals surface area contributed by atoms with Gasteiger partial charge in [-0.1, -0.05) is 6.92 Å². The summed E-state index contributed by atoms with van der Waals surface area (Å²) in [5, 5.41) is 5.74. The van der Waals surface area contributed by atoms with Crippen molar-refractivity contribution in [1.29, 1.82) is 0 Å². The van der Waals surface area contributed by atoms with Gasteiger partial charge in [-0.15, -0.1) is 0 Å². The van der Waals surface area contributed by atoms with E-state index < -0.39 is 16.3 Å². The fourth-order valence-corrected chi connectivity index (χ4v) is 4.37. The molecule has 0 saturated carbocycles. The zero-order chi connectivity index (χ0) is 22.2. The van der Waals surface area contributed by atoms with Crippen molar-refractivity contribution in [3.8, 4) is 22.6 Å². The first-order chi connectivity index (χ1) is 14.8. The van der Waals surface area contributed by atoms with Crippen LogP contribution in [-0.4, -0.2) is 29.7 Å². The van der Waals surface area contributed by atoms with Gasteiger partial charge >= 0.3 is 0 Å². The van der Waals surface area contributed by atoms with Crippen molar-refractivity contribution in [3.05, 3.63) is 60.4 Å². The highest BCUT2D eigenvalue weighted by atomic mass is 32.2. The fraction of sp³-hybridized carbons (Fsp3) is 0.292. The Kier molecular flexibility index (Phi) is 5.73. The Hall–Kier alpha value is -2.90. The van der Waals surface area contributed by atoms with Gasteiger partial charge in [-0.3, -0.25) is 18.9 Å². The van der Waals surface area contributed by atoms with Crippen LogP contribution in [0.25, 0.3) is 33.5 Å². The Morgan fingerprint density at radius 1 is 1.03 bits per heavy atom. The lowest BCUT2D eigenvalue weighted by Crippen LogP contribution is -2.28. The SMILES string of the molecule is CCn1nc(-c2ccc(-c3cc(C(C)(C)N)ccn3)cn2)c2cc([S@@](=O)CC)ccc21. The fourth-order valence-electron chi connectivity index (χ4n) is 3.57. The number of rotatable bonds is 6. The highest BCUT2D eigenvalue weighted by Crippen LogP contribution is 2.30. The maximum absolute atomic E-state index is 12.3. The topological polar surface area (TPSA) is 86.7 Å². The van der Waals surface area contributed by atoms with E-state index in [2.05, 4.69) is 16.9 Å². The van der Waals surface area contributed by atoms with Crippen molar-refractivity contribution in [2.24, 2.45) is 5.73 Å². The Labute approximate surface area is 185 Å². The molecule has 3 heterocycles. The van der Waals surface area contributed by atoms with E-state index in [1.165, 1.54) is 0 Å². The Morgan fingerprint density at radius 2 is 1.84 bits per heavy atom. The molecule has 4 rings (SSSR count). The summed E-state index contributed by atoms with van der Waals surface area (Å²) in [6.45, 7) is 8.68. The summed E-state index contributed by atoms with van der Waals surface area (Å²) >= 11 is 0. The number of fused-ring (bicyclic) bond motifs is 1. The summed E-state index contributed by atoms with van der Waals surface area (Å²) in [5.41, 5.74) is 11.2. The lowest BCUT2D eigenvalue weighted by atomic mass is 9.95. The van der Waals surface area contributed by atoms with Crippen LogP contribution in [-0.2, 0) is 22.9 Å². The average Bonchev–Trinajstić information content (AvgIpc) is 3.16. The van der Waals surface area contributed by atoms with Crippen molar-refractivity contribution in [2.45, 2.75) is 44.7 Å². The molecular weight excluding hydrogens is 406 g/mol. The van der Waals surface area contributed by atoms with Crippen LogP contribution in [0.2, 0.25) is 0 Å². The zero-order valence-electron chi connectivity index (χ0n) is 18.3. The summed E-state index contributed by atoms with van der Waals surface area (Å²) in [6.07, 6.45) is 3.59. The molecule has 0 unspecified atom stereocenters. The molecule has 160 valence electrons. The molecule has 0 spiro atoms. The van der Waals surface area contributed by atoms with E-state index >= 15 is 0 Å². The second-order valence-corrected chi connectivity index (χ2v) is 9.80. The minimum absolute atomic E-state index is 0.437. The molecule has 0 aliphatic rings. The molecule has 1 aromatic carbocycles. The smallest absolute Gasteiger partial charge is 0.119 e. The Morgan fingerprint density at radius 3 is 2.48 bits per heavy atom. The first-order valence-corrected chi connectivity index (χ1v) is 11.7. The molecule has 0 bridgehead atoms. The van der Waals surface area contributed by atoms with Gasteiger partial charge in [0, 0.05) is 46.1 Å². The molecule has 0 amide bonds. The van der Waals surface area contributed by atoms with E-state index in [1.54, 1.807) is 6.20 Å². The number of benzene rings is 1. The largest absolute Gasteiger partial charge is 0.322 e. The summed E-state index contributed by atoms with van der Waals surface area (Å²) in [7, 11) is -1.02. The van der Waals surface area contributed by atoms with Crippen LogP contribution in [0.5, 0.6) is 0 Å². The molecule has 6 nitrogen and oxygen atoms in total. The number of nitrogens with zero attached hydrogens (tertiary/aromatic N) is 4. The third-order valence-electron chi connectivity index (χ3n) is 5.35. The standard InChI is InChI=1S/C24H27N5OS/c1-5-29-22-10-8-18(31(30)6-2)14-19(22)23(28-29)20-9-7-16(15-27-20)21-13-17(11-12-26-21)24(3,4)25/h7-15H,5-6,25H2,1-4H3/t31-/m0/s1. The predicted molar refractivity (Wildman–Crippen MR) is 126 cm³/mol. The molecule has 31 heavy (non-hydrogen) atoms. The van der Waals surface area contributed by atoms with Crippen molar-refractivity contribution < 1.29 is 4.21 Å². The summed E-state index contributed by atoms with van der Waals surface area (Å²) in [6, 6.07) is 13.8. The van der Waals surface area contributed by atoms with Gasteiger partial charge in [0.1, 0.15) is 5.69 Å². The van der Waals surface area contributed by atoms with Crippen molar-refractivity contribution in [1.82, 2.24) is 19.7 Å². The molecule has 2 N–H and O–H groups in total. The summed E-state index contributed by atoms with van der Waals surface area (Å²) < 4.78 is 14.3. The second-order valence-electron chi connectivity index (χ2n) is 8.06. The maximum Gasteiger partial charge on any atom is 0.119 e. The number of pyridine rings is 2. The highest BCUT2D eigenvalue weighted by molar-refractivity contribution is 7.85. The molecule has 7 heteroatoms. The highest BCUT2D eigenvalue weighted by Gasteiger charge is 2.17. The number of nitrogens with two attached hydrogens (primary N) is 1. The van der Waals surface area contributed by atoms with Gasteiger partial charge in [0.2, 0.25) is 0 Å². The molecule has 0 aliphatic carbocycles. The third-order valence-corrected chi connectivity index (χ3v) is 6.66. The molecule has 0 fully saturated rings. The molecule has 3 aromatic heterocycles. The minimum atomic E-state index is -1.02. The predicted octanol–water partition coefficient (Wildman–Crippen LogP) is 4.50. The van der Waals surface area contributed by atoms with E-state index in [0.29, 0.717) is 5.75 Å². The van der Waals surface area contributed by atoms with Crippen molar-refractivity contribution in [3.63, 3.8) is 0 Å². The maximum atomic E-state index is 12.3. The Bertz CT molecular complexity index is 1260. The normalized spacial score (nSPS) is 12.9. The molecule has 0 saturated heterocycles. The summed E-state index contributed by atoms with van der Waals surface area (Å²) in [4.78, 5) is 9.98. The lowest BCUT2D eigenvalue weighted by molar-refractivity contribution is 0.554. The number of aryl methyl sites for hydroxylation is 1. The first-order valence-electron chi connectivity index (χ1n) is 10.4. The van der Waals surface area contributed by atoms with E-state index in [4.69, 9.17) is 10.8 Å². The first kappa shape index (κ1) is 21.3. The van der Waals surface area contributed by atoms with Crippen LogP contribution in [0.15, 0.2) is 59.8 Å². The average molecular weight is 434 g/mol. The van der Waals surface area contributed by atoms with Crippen LogP contribution >= 0.6 is 0 Å². The minimum Gasteiger partial charge on any atom is -0.322 e. The van der Waals surface area contributed by atoms with Crippen LogP contribution < -0.4 is 5.73 Å². The molecule has 1 atom stereocenters. The number of aromatic nitrogens is 4. The third kappa shape index (κ3) is 4.16. The molecule has 0 radical (unpaired) electrons. The van der Waals surface area contributed by atoms with Gasteiger partial charge in [-0.2, -0.15) is 5.10 Å². The van der Waals surface area contributed by atoms with E-state index in [9.17, 15) is 4.21 Å². The van der Waals surface area contributed by atoms with Gasteiger partial charge in [-0.05, 0) is 68.8 Å². The lowest BCUT2D eigenvalue weighted by Gasteiger charge is -2.19. The number of hydrogen-bond donors (Lipinski definition) is 1. The van der Waals surface area contributed by atoms with Gasteiger partial charge in [0.25, 0.3) is 0 Å². The summed E-state index contributed by atoms with van der Waals surface area (Å²) in [5.74, 6) is 0.585. The quantitative estimate of drug-likeness (QED) is 0.484. The van der Waals surface area contributed by atoms with Gasteiger partial charge in [0.15, 0.2) is 0 Å². The van der Waals surface area contributed by atoms with Gasteiger partial charge in [-0.25, -0.2) is 0 Å². The van der Waals surface area contributed by atoms with Crippen LogP contribution in [0.3, 0.4) is 0 Å². The van der Waals surface area contributed by atoms with Crippen LogP contribution in [0.1, 0.15) is 33.3 Å².